The zero-order valence-corrected chi connectivity index (χ0v) is 19.3. The van der Waals surface area contributed by atoms with Crippen molar-refractivity contribution in [2.24, 2.45) is 0 Å². The summed E-state index contributed by atoms with van der Waals surface area (Å²) in [7, 11) is -3.68. The fourth-order valence-corrected chi connectivity index (χ4v) is 4.89. The molecule has 0 bridgehead atoms. The van der Waals surface area contributed by atoms with Crippen LogP contribution in [0.4, 0.5) is 5.69 Å². The predicted octanol–water partition coefficient (Wildman–Crippen LogP) is 2.64. The standard InChI is InChI=1S/C22H28ClN3O4S/c1-17(26(31(2,28)29)21-5-3-4-20(23)14-21)22(27)24-15-18-6-8-19(9-7-18)16-25-10-12-30-13-11-25/h3-9,14,17H,10-13,15-16H2,1-2H3,(H,24,27)/t17-/m0/s1. The average Bonchev–Trinajstić information content (AvgIpc) is 2.73. The second-order valence-electron chi connectivity index (χ2n) is 7.64. The van der Waals surface area contributed by atoms with Crippen molar-refractivity contribution < 1.29 is 17.9 Å². The number of carbonyl (C=O) groups excluding carboxylic acids is 1. The maximum Gasteiger partial charge on any atom is 0.243 e. The van der Waals surface area contributed by atoms with Gasteiger partial charge in [0.2, 0.25) is 15.9 Å². The van der Waals surface area contributed by atoms with Crippen LogP contribution in [-0.2, 0) is 32.6 Å². The molecule has 7 nitrogen and oxygen atoms in total. The summed E-state index contributed by atoms with van der Waals surface area (Å²) in [6.45, 7) is 6.13. The molecule has 1 N–H and O–H groups in total. The topological polar surface area (TPSA) is 79.0 Å². The van der Waals surface area contributed by atoms with E-state index in [1.165, 1.54) is 11.6 Å². The summed E-state index contributed by atoms with van der Waals surface area (Å²) in [4.78, 5) is 15.1. The van der Waals surface area contributed by atoms with Gasteiger partial charge in [0, 0.05) is 31.2 Å². The van der Waals surface area contributed by atoms with Crippen LogP contribution in [0.1, 0.15) is 18.1 Å². The molecule has 1 heterocycles. The van der Waals surface area contributed by atoms with E-state index in [1.54, 1.807) is 25.1 Å². The monoisotopic (exact) mass is 465 g/mol. The van der Waals surface area contributed by atoms with Crippen LogP contribution in [0.5, 0.6) is 0 Å². The molecule has 1 amide bonds. The van der Waals surface area contributed by atoms with Crippen molar-refractivity contribution in [2.45, 2.75) is 26.1 Å². The van der Waals surface area contributed by atoms with E-state index in [2.05, 4.69) is 22.3 Å². The van der Waals surface area contributed by atoms with Crippen molar-refractivity contribution in [3.05, 3.63) is 64.7 Å². The third-order valence-corrected chi connectivity index (χ3v) is 6.63. The summed E-state index contributed by atoms with van der Waals surface area (Å²) in [6.07, 6.45) is 1.07. The Hall–Kier alpha value is -2.13. The van der Waals surface area contributed by atoms with E-state index in [-0.39, 0.29) is 5.91 Å². The van der Waals surface area contributed by atoms with Gasteiger partial charge in [-0.15, -0.1) is 0 Å². The van der Waals surface area contributed by atoms with Gasteiger partial charge in [-0.1, -0.05) is 41.9 Å². The van der Waals surface area contributed by atoms with Gasteiger partial charge in [-0.3, -0.25) is 14.0 Å². The highest BCUT2D eigenvalue weighted by molar-refractivity contribution is 7.92. The summed E-state index contributed by atoms with van der Waals surface area (Å²) < 4.78 is 31.2. The number of nitrogens with zero attached hydrogens (tertiary/aromatic N) is 2. The van der Waals surface area contributed by atoms with E-state index in [4.69, 9.17) is 16.3 Å². The van der Waals surface area contributed by atoms with Crippen LogP contribution in [0.3, 0.4) is 0 Å². The number of sulfonamides is 1. The van der Waals surface area contributed by atoms with E-state index in [0.29, 0.717) is 17.3 Å². The number of halogens is 1. The summed E-state index contributed by atoms with van der Waals surface area (Å²) in [6, 6.07) is 13.6. The highest BCUT2D eigenvalue weighted by atomic mass is 35.5. The van der Waals surface area contributed by atoms with Gasteiger partial charge in [-0.2, -0.15) is 0 Å². The molecule has 0 aliphatic carbocycles. The van der Waals surface area contributed by atoms with Crippen LogP contribution >= 0.6 is 11.6 Å². The molecule has 0 unspecified atom stereocenters. The van der Waals surface area contributed by atoms with Crippen molar-refractivity contribution in [2.75, 3.05) is 36.9 Å². The zero-order valence-electron chi connectivity index (χ0n) is 17.8. The van der Waals surface area contributed by atoms with Crippen LogP contribution in [0.2, 0.25) is 5.02 Å². The van der Waals surface area contributed by atoms with Gasteiger partial charge in [0.25, 0.3) is 0 Å². The largest absolute Gasteiger partial charge is 0.379 e. The molecular weight excluding hydrogens is 438 g/mol. The molecule has 0 saturated carbocycles. The molecule has 2 aromatic rings. The fourth-order valence-electron chi connectivity index (χ4n) is 3.54. The molecular formula is C22H28ClN3O4S. The predicted molar refractivity (Wildman–Crippen MR) is 123 cm³/mol. The van der Waals surface area contributed by atoms with E-state index in [1.807, 2.05) is 12.1 Å². The first kappa shape index (κ1) is 23.5. The first-order valence-corrected chi connectivity index (χ1v) is 12.4. The van der Waals surface area contributed by atoms with E-state index >= 15 is 0 Å². The lowest BCUT2D eigenvalue weighted by atomic mass is 10.1. The number of carbonyl (C=O) groups is 1. The molecule has 1 fully saturated rings. The second kappa shape index (κ2) is 10.5. The van der Waals surface area contributed by atoms with Crippen LogP contribution in [0.25, 0.3) is 0 Å². The Labute approximate surface area is 189 Å². The van der Waals surface area contributed by atoms with Crippen molar-refractivity contribution in [1.82, 2.24) is 10.2 Å². The summed E-state index contributed by atoms with van der Waals surface area (Å²) >= 11 is 6.01. The van der Waals surface area contributed by atoms with Crippen LogP contribution in [-0.4, -0.2) is 57.8 Å². The van der Waals surface area contributed by atoms with Crippen molar-refractivity contribution in [3.63, 3.8) is 0 Å². The minimum Gasteiger partial charge on any atom is -0.379 e. The first-order valence-electron chi connectivity index (χ1n) is 10.1. The highest BCUT2D eigenvalue weighted by Gasteiger charge is 2.29. The number of nitrogens with one attached hydrogen (secondary N) is 1. The van der Waals surface area contributed by atoms with Gasteiger partial charge in [0.15, 0.2) is 0 Å². The molecule has 2 aromatic carbocycles. The molecule has 31 heavy (non-hydrogen) atoms. The highest BCUT2D eigenvalue weighted by Crippen LogP contribution is 2.24. The summed E-state index contributed by atoms with van der Waals surface area (Å²) in [5.74, 6) is -0.386. The molecule has 1 saturated heterocycles. The molecule has 0 radical (unpaired) electrons. The van der Waals surface area contributed by atoms with Crippen LogP contribution < -0.4 is 9.62 Å². The lowest BCUT2D eigenvalue weighted by Gasteiger charge is -2.28. The Bertz CT molecular complexity index is 992. The van der Waals surface area contributed by atoms with Crippen LogP contribution in [0, 0.1) is 0 Å². The molecule has 1 atom stereocenters. The number of morpholine rings is 1. The molecule has 3 rings (SSSR count). The zero-order chi connectivity index (χ0) is 22.4. The Morgan fingerprint density at radius 1 is 1.16 bits per heavy atom. The lowest BCUT2D eigenvalue weighted by molar-refractivity contribution is -0.122. The van der Waals surface area contributed by atoms with E-state index < -0.39 is 16.1 Å². The van der Waals surface area contributed by atoms with Crippen molar-refractivity contribution in [1.29, 1.82) is 0 Å². The third kappa shape index (κ3) is 6.67. The Kier molecular flexibility index (Phi) is 7.94. The van der Waals surface area contributed by atoms with Gasteiger partial charge in [-0.25, -0.2) is 8.42 Å². The number of anilines is 1. The third-order valence-electron chi connectivity index (χ3n) is 5.15. The molecule has 1 aliphatic rings. The number of ether oxygens (including phenoxy) is 1. The summed E-state index contributed by atoms with van der Waals surface area (Å²) in [5.41, 5.74) is 2.50. The normalized spacial score (nSPS) is 16.0. The molecule has 168 valence electrons. The Balaban J connectivity index is 1.60. The molecule has 1 aliphatic heterocycles. The maximum absolute atomic E-state index is 12.7. The molecule has 9 heteroatoms. The second-order valence-corrected chi connectivity index (χ2v) is 9.93. The SMILES string of the molecule is C[C@@H](C(=O)NCc1ccc(CN2CCOCC2)cc1)N(c1cccc(Cl)c1)S(C)(=O)=O. The fraction of sp³-hybridized carbons (Fsp3) is 0.409. The first-order chi connectivity index (χ1) is 14.7. The average molecular weight is 466 g/mol. The number of hydrogen-bond acceptors (Lipinski definition) is 5. The van der Waals surface area contributed by atoms with E-state index in [9.17, 15) is 13.2 Å². The number of hydrogen-bond donors (Lipinski definition) is 1. The minimum atomic E-state index is -3.68. The Morgan fingerprint density at radius 3 is 2.42 bits per heavy atom. The van der Waals surface area contributed by atoms with Crippen molar-refractivity contribution >= 4 is 33.2 Å². The number of amides is 1. The smallest absolute Gasteiger partial charge is 0.243 e. The number of rotatable bonds is 8. The van der Waals surface area contributed by atoms with Gasteiger partial charge in [-0.05, 0) is 36.2 Å². The Morgan fingerprint density at radius 2 is 1.81 bits per heavy atom. The quantitative estimate of drug-likeness (QED) is 0.648. The van der Waals surface area contributed by atoms with Gasteiger partial charge >= 0.3 is 0 Å². The van der Waals surface area contributed by atoms with E-state index in [0.717, 1.165) is 49.0 Å². The van der Waals surface area contributed by atoms with Crippen LogP contribution in [0.15, 0.2) is 48.5 Å². The van der Waals surface area contributed by atoms with Gasteiger partial charge in [0.05, 0.1) is 25.2 Å². The number of benzene rings is 2. The molecule has 0 aromatic heterocycles. The molecule has 0 spiro atoms. The summed E-state index contributed by atoms with van der Waals surface area (Å²) in [5, 5.41) is 3.23. The van der Waals surface area contributed by atoms with Crippen molar-refractivity contribution in [3.8, 4) is 0 Å². The van der Waals surface area contributed by atoms with Gasteiger partial charge < -0.3 is 10.1 Å². The van der Waals surface area contributed by atoms with Gasteiger partial charge in [0.1, 0.15) is 6.04 Å². The lowest BCUT2D eigenvalue weighted by Crippen LogP contribution is -2.47. The maximum atomic E-state index is 12.7. The minimum absolute atomic E-state index is 0.314.